The topological polar surface area (TPSA) is 17.1 Å². The van der Waals surface area contributed by atoms with E-state index in [1.54, 1.807) is 0 Å². The van der Waals surface area contributed by atoms with Crippen molar-refractivity contribution in [2.75, 3.05) is 0 Å². The summed E-state index contributed by atoms with van der Waals surface area (Å²) >= 11 is 0. The molecule has 0 bridgehead atoms. The van der Waals surface area contributed by atoms with Crippen molar-refractivity contribution >= 4 is 6.79 Å². The molecule has 0 atom stereocenters. The molecule has 0 aliphatic carbocycles. The van der Waals surface area contributed by atoms with E-state index in [0.29, 0.717) is 0 Å². The molecule has 0 saturated heterocycles. The molecule has 4 heteroatoms. The summed E-state index contributed by atoms with van der Waals surface area (Å²) in [5.41, 5.74) is 0. The van der Waals surface area contributed by atoms with Crippen molar-refractivity contribution in [3.8, 4) is 0 Å². The molecule has 0 spiro atoms. The van der Waals surface area contributed by atoms with E-state index in [0.717, 1.165) is 0 Å². The van der Waals surface area contributed by atoms with Gasteiger partial charge in [-0.3, -0.25) is 0 Å². The third kappa shape index (κ3) is 29.3. The summed E-state index contributed by atoms with van der Waals surface area (Å²) in [6.07, 6.45) is 0. The zero-order valence-electron chi connectivity index (χ0n) is 2.18. The van der Waals surface area contributed by atoms with E-state index in [-0.39, 0.29) is 58.4 Å². The number of carbonyl (C=O) groups excluding carboxylic acids is 1. The van der Waals surface area contributed by atoms with Gasteiger partial charge in [0, 0.05) is 58.4 Å². The minimum absolute atomic E-state index is 0. The summed E-state index contributed by atoms with van der Waals surface area (Å²) in [6.45, 7) is 2.00. The zero-order valence-corrected chi connectivity index (χ0v) is 7.39. The molecular formula is CH2ORu3. The number of hydrogen-bond acceptors (Lipinski definition) is 1. The Labute approximate surface area is 69.6 Å². The van der Waals surface area contributed by atoms with E-state index < -0.39 is 0 Å². The molecule has 0 aromatic heterocycles. The van der Waals surface area contributed by atoms with Crippen molar-refractivity contribution in [2.45, 2.75) is 0 Å². The third-order valence-corrected chi connectivity index (χ3v) is 0. The first-order chi connectivity index (χ1) is 1.00. The molecule has 0 radical (unpaired) electrons. The van der Waals surface area contributed by atoms with E-state index >= 15 is 0 Å². The minimum atomic E-state index is 0. The van der Waals surface area contributed by atoms with Crippen molar-refractivity contribution in [1.82, 2.24) is 0 Å². The third-order valence-electron chi connectivity index (χ3n) is 0. The first kappa shape index (κ1) is 31.1. The van der Waals surface area contributed by atoms with Gasteiger partial charge in [-0.2, -0.15) is 0 Å². The Morgan fingerprint density at radius 2 is 0.800 bits per heavy atom. The van der Waals surface area contributed by atoms with Crippen LogP contribution in [0.5, 0.6) is 0 Å². The molecule has 0 rings (SSSR count). The van der Waals surface area contributed by atoms with Crippen LogP contribution in [0.25, 0.3) is 0 Å². The van der Waals surface area contributed by atoms with E-state index in [4.69, 9.17) is 4.79 Å². The standard InChI is InChI=1S/CH2O.3Ru/c1-2;;;/h1H2;;;. The van der Waals surface area contributed by atoms with Crippen LogP contribution in [0.3, 0.4) is 0 Å². The van der Waals surface area contributed by atoms with Crippen LogP contribution in [0.15, 0.2) is 0 Å². The van der Waals surface area contributed by atoms with Crippen LogP contribution < -0.4 is 0 Å². The van der Waals surface area contributed by atoms with Gasteiger partial charge in [0.15, 0.2) is 0 Å². The average Bonchev–Trinajstić information content (AvgIpc) is 1.00. The molecule has 36 valence electrons. The number of carbonyl (C=O) groups is 1. The molecule has 0 unspecified atom stereocenters. The first-order valence-electron chi connectivity index (χ1n) is 0.289. The Balaban J connectivity index is -0.00000000167. The van der Waals surface area contributed by atoms with Gasteiger partial charge in [0.25, 0.3) is 0 Å². The minimum Gasteiger partial charge on any atom is -0.307 e. The fourth-order valence-electron chi connectivity index (χ4n) is 0. The predicted molar refractivity (Wildman–Crippen MR) is 7.12 cm³/mol. The van der Waals surface area contributed by atoms with E-state index in [2.05, 4.69) is 0 Å². The van der Waals surface area contributed by atoms with Crippen LogP contribution in [-0.4, -0.2) is 6.79 Å². The van der Waals surface area contributed by atoms with Gasteiger partial charge in [0.1, 0.15) is 6.79 Å². The maximum atomic E-state index is 8.00. The molecule has 0 aromatic rings. The molecule has 0 fully saturated rings. The molecule has 0 N–H and O–H groups in total. The Hall–Kier alpha value is 1.54. The second-order valence-corrected chi connectivity index (χ2v) is 0. The van der Waals surface area contributed by atoms with Gasteiger partial charge < -0.3 is 4.79 Å². The van der Waals surface area contributed by atoms with E-state index in [1.165, 1.54) is 0 Å². The maximum absolute atomic E-state index is 8.00. The normalized spacial score (nSPS) is 0.800. The van der Waals surface area contributed by atoms with Gasteiger partial charge >= 0.3 is 0 Å². The zero-order chi connectivity index (χ0) is 2.00. The van der Waals surface area contributed by atoms with Gasteiger partial charge in [-0.25, -0.2) is 0 Å². The van der Waals surface area contributed by atoms with E-state index in [9.17, 15) is 0 Å². The average molecular weight is 333 g/mol. The fraction of sp³-hybridized carbons (Fsp3) is 0. The summed E-state index contributed by atoms with van der Waals surface area (Å²) in [7, 11) is 0. The predicted octanol–water partition coefficient (Wildman–Crippen LogP) is -0.192. The quantitative estimate of drug-likeness (QED) is 0.562. The second kappa shape index (κ2) is 48.1. The molecule has 1 nitrogen and oxygen atoms in total. The van der Waals surface area contributed by atoms with Crippen LogP contribution in [0.4, 0.5) is 0 Å². The molecule has 5 heavy (non-hydrogen) atoms. The largest absolute Gasteiger partial charge is 0.307 e. The molecule has 0 saturated carbocycles. The smallest absolute Gasteiger partial charge is 0.106 e. The number of hydrogen-bond donors (Lipinski definition) is 0. The van der Waals surface area contributed by atoms with Crippen molar-refractivity contribution in [3.05, 3.63) is 0 Å². The maximum Gasteiger partial charge on any atom is 0.106 e. The second-order valence-electron chi connectivity index (χ2n) is 0. The molecule has 0 aliphatic rings. The van der Waals surface area contributed by atoms with Gasteiger partial charge in [-0.05, 0) is 0 Å². The van der Waals surface area contributed by atoms with Crippen molar-refractivity contribution in [2.24, 2.45) is 0 Å². The van der Waals surface area contributed by atoms with E-state index in [1.807, 2.05) is 6.79 Å². The Kier molecular flexibility index (Phi) is 300. The summed E-state index contributed by atoms with van der Waals surface area (Å²) < 4.78 is 0. The SMILES string of the molecule is C=O.[Ru].[Ru].[Ru]. The van der Waals surface area contributed by atoms with Gasteiger partial charge in [0.05, 0.1) is 0 Å². The number of rotatable bonds is 0. The van der Waals surface area contributed by atoms with Crippen molar-refractivity contribution in [1.29, 1.82) is 0 Å². The molecular weight excluding hydrogens is 331 g/mol. The van der Waals surface area contributed by atoms with Crippen molar-refractivity contribution in [3.63, 3.8) is 0 Å². The monoisotopic (exact) mass is 336 g/mol. The molecule has 0 amide bonds. The Morgan fingerprint density at radius 3 is 0.800 bits per heavy atom. The first-order valence-corrected chi connectivity index (χ1v) is 0.289. The van der Waals surface area contributed by atoms with Crippen LogP contribution in [0.1, 0.15) is 0 Å². The molecule has 0 heterocycles. The Morgan fingerprint density at radius 1 is 0.800 bits per heavy atom. The molecule has 0 aliphatic heterocycles. The van der Waals surface area contributed by atoms with Crippen LogP contribution in [0.2, 0.25) is 0 Å². The summed E-state index contributed by atoms with van der Waals surface area (Å²) in [5, 5.41) is 0. The summed E-state index contributed by atoms with van der Waals surface area (Å²) in [4.78, 5) is 8.00. The van der Waals surface area contributed by atoms with Gasteiger partial charge in [0.2, 0.25) is 0 Å². The van der Waals surface area contributed by atoms with Crippen LogP contribution >= 0.6 is 0 Å². The van der Waals surface area contributed by atoms with Crippen LogP contribution in [0, 0.1) is 0 Å². The summed E-state index contributed by atoms with van der Waals surface area (Å²) in [5.74, 6) is 0. The molecule has 0 aromatic carbocycles. The van der Waals surface area contributed by atoms with Gasteiger partial charge in [-0.15, -0.1) is 0 Å². The fourth-order valence-corrected chi connectivity index (χ4v) is 0. The van der Waals surface area contributed by atoms with Crippen molar-refractivity contribution < 1.29 is 63.2 Å². The van der Waals surface area contributed by atoms with Crippen LogP contribution in [-0.2, 0) is 63.2 Å². The Bertz CT molecular complexity index is 6.85. The summed E-state index contributed by atoms with van der Waals surface area (Å²) in [6, 6.07) is 0. The van der Waals surface area contributed by atoms with Gasteiger partial charge in [-0.1, -0.05) is 0 Å².